The van der Waals surface area contributed by atoms with E-state index in [0.29, 0.717) is 12.8 Å². The van der Waals surface area contributed by atoms with Crippen molar-refractivity contribution in [2.45, 2.75) is 25.3 Å². The first-order valence-corrected chi connectivity index (χ1v) is 8.86. The Morgan fingerprint density at radius 3 is 2.38 bits per heavy atom. The molecule has 1 amide bonds. The van der Waals surface area contributed by atoms with Crippen LogP contribution in [-0.4, -0.2) is 29.1 Å². The number of phenols is 1. The van der Waals surface area contributed by atoms with E-state index in [0.717, 1.165) is 11.1 Å². The highest BCUT2D eigenvalue weighted by molar-refractivity contribution is 6.36. The van der Waals surface area contributed by atoms with Crippen LogP contribution in [-0.2, 0) is 22.4 Å². The first-order valence-electron chi connectivity index (χ1n) is 8.11. The lowest BCUT2D eigenvalue weighted by Crippen LogP contribution is -2.56. The second-order valence-corrected chi connectivity index (χ2v) is 7.01. The minimum atomic E-state index is -1.24. The summed E-state index contributed by atoms with van der Waals surface area (Å²) in [6, 6.07) is 10.2. The molecular formula is C19H17Cl2NO4. The Morgan fingerprint density at radius 2 is 1.81 bits per heavy atom. The summed E-state index contributed by atoms with van der Waals surface area (Å²) in [5.74, 6) is -1.55. The summed E-state index contributed by atoms with van der Waals surface area (Å²) in [6.45, 7) is 1.90. The van der Waals surface area contributed by atoms with E-state index >= 15 is 0 Å². The van der Waals surface area contributed by atoms with Gasteiger partial charge in [-0.15, -0.1) is 0 Å². The van der Waals surface area contributed by atoms with Crippen LogP contribution in [0.5, 0.6) is 5.75 Å². The third kappa shape index (κ3) is 3.37. The molecule has 0 saturated carbocycles. The number of ether oxygens (including phenoxy) is 1. The van der Waals surface area contributed by atoms with E-state index in [2.05, 4.69) is 5.32 Å². The summed E-state index contributed by atoms with van der Waals surface area (Å²) in [5.41, 5.74) is 0.600. The van der Waals surface area contributed by atoms with E-state index in [-0.39, 0.29) is 28.0 Å². The van der Waals surface area contributed by atoms with Crippen molar-refractivity contribution in [3.05, 3.63) is 63.1 Å². The third-order valence-corrected chi connectivity index (χ3v) is 4.90. The van der Waals surface area contributed by atoms with E-state index in [1.54, 1.807) is 6.92 Å². The van der Waals surface area contributed by atoms with Gasteiger partial charge in [-0.2, -0.15) is 0 Å². The molecule has 3 rings (SSSR count). The molecule has 2 aromatic carbocycles. The second-order valence-electron chi connectivity index (χ2n) is 6.16. The van der Waals surface area contributed by atoms with E-state index in [9.17, 15) is 14.7 Å². The Kier molecular flexibility index (Phi) is 5.12. The lowest BCUT2D eigenvalue weighted by atomic mass is 9.95. The molecule has 0 spiro atoms. The lowest BCUT2D eigenvalue weighted by molar-refractivity contribution is -0.150. The summed E-state index contributed by atoms with van der Waals surface area (Å²) in [5, 5.41) is 13.0. The molecule has 0 aliphatic heterocycles. The van der Waals surface area contributed by atoms with Crippen molar-refractivity contribution >= 4 is 35.1 Å². The van der Waals surface area contributed by atoms with Crippen LogP contribution in [0.4, 0.5) is 0 Å². The number of amides is 1. The average Bonchev–Trinajstić information content (AvgIpc) is 2.97. The number of carbonyl (C=O) groups is 2. The molecule has 2 aromatic rings. The molecule has 5 nitrogen and oxygen atoms in total. The SMILES string of the molecule is CCOC(=O)C1(NC(=O)c2cc(Cl)cc(Cl)c2O)Cc2ccccc2C1. The number of esters is 1. The molecule has 0 unspecified atom stereocenters. The molecule has 136 valence electrons. The van der Waals surface area contributed by atoms with Crippen molar-refractivity contribution < 1.29 is 19.4 Å². The van der Waals surface area contributed by atoms with Crippen LogP contribution in [0.1, 0.15) is 28.4 Å². The molecule has 2 N–H and O–H groups in total. The van der Waals surface area contributed by atoms with E-state index in [1.807, 2.05) is 24.3 Å². The zero-order valence-corrected chi connectivity index (χ0v) is 15.5. The Bertz CT molecular complexity index is 857. The molecule has 1 aliphatic rings. The summed E-state index contributed by atoms with van der Waals surface area (Å²) >= 11 is 11.8. The standard InChI is InChI=1S/C19H17Cl2NO4/c1-2-26-18(25)19(9-11-5-3-4-6-12(11)10-19)22-17(24)14-7-13(20)8-15(21)16(14)23/h3-8,23H,2,9-10H2,1H3,(H,22,24). The highest BCUT2D eigenvalue weighted by Crippen LogP contribution is 2.34. The van der Waals surface area contributed by atoms with Crippen LogP contribution in [0.15, 0.2) is 36.4 Å². The highest BCUT2D eigenvalue weighted by Gasteiger charge is 2.46. The summed E-state index contributed by atoms with van der Waals surface area (Å²) < 4.78 is 5.21. The molecule has 0 fully saturated rings. The molecular weight excluding hydrogens is 377 g/mol. The maximum absolute atomic E-state index is 12.8. The van der Waals surface area contributed by atoms with Crippen molar-refractivity contribution in [1.82, 2.24) is 5.32 Å². The van der Waals surface area contributed by atoms with E-state index < -0.39 is 17.4 Å². The smallest absolute Gasteiger partial charge is 0.332 e. The predicted molar refractivity (Wildman–Crippen MR) is 98.8 cm³/mol. The Balaban J connectivity index is 1.95. The predicted octanol–water partition coefficient (Wildman–Crippen LogP) is 3.53. The molecule has 1 aliphatic carbocycles. The monoisotopic (exact) mass is 393 g/mol. The van der Waals surface area contributed by atoms with Crippen LogP contribution in [0.3, 0.4) is 0 Å². The Hall–Kier alpha value is -2.24. The van der Waals surface area contributed by atoms with Gasteiger partial charge >= 0.3 is 5.97 Å². The fourth-order valence-electron chi connectivity index (χ4n) is 3.19. The molecule has 0 saturated heterocycles. The van der Waals surface area contributed by atoms with Crippen molar-refractivity contribution in [1.29, 1.82) is 0 Å². The molecule has 26 heavy (non-hydrogen) atoms. The number of fused-ring (bicyclic) bond motifs is 1. The van der Waals surface area contributed by atoms with E-state index in [1.165, 1.54) is 12.1 Å². The molecule has 0 aromatic heterocycles. The summed E-state index contributed by atoms with van der Waals surface area (Å²) in [4.78, 5) is 25.5. The molecule has 0 atom stereocenters. The van der Waals surface area contributed by atoms with Gasteiger partial charge in [0, 0.05) is 17.9 Å². The number of hydrogen-bond acceptors (Lipinski definition) is 4. The number of carbonyl (C=O) groups excluding carboxylic acids is 2. The van der Waals surface area contributed by atoms with Gasteiger partial charge in [-0.25, -0.2) is 4.79 Å². The Morgan fingerprint density at radius 1 is 1.19 bits per heavy atom. The topological polar surface area (TPSA) is 75.6 Å². The van der Waals surface area contributed by atoms with Crippen LogP contribution in [0.2, 0.25) is 10.0 Å². The normalized spacial score (nSPS) is 14.6. The second kappa shape index (κ2) is 7.17. The fourth-order valence-corrected chi connectivity index (χ4v) is 3.69. The number of hydrogen-bond donors (Lipinski definition) is 2. The number of halogens is 2. The maximum Gasteiger partial charge on any atom is 0.332 e. The van der Waals surface area contributed by atoms with Gasteiger partial charge in [0.1, 0.15) is 11.3 Å². The minimum absolute atomic E-state index is 0.0393. The third-order valence-electron chi connectivity index (χ3n) is 4.39. The van der Waals surface area contributed by atoms with Crippen molar-refractivity contribution in [3.8, 4) is 5.75 Å². The largest absolute Gasteiger partial charge is 0.506 e. The van der Waals surface area contributed by atoms with Gasteiger partial charge in [-0.3, -0.25) is 4.79 Å². The summed E-state index contributed by atoms with van der Waals surface area (Å²) in [6.07, 6.45) is 0.617. The van der Waals surface area contributed by atoms with Gasteiger partial charge in [-0.1, -0.05) is 47.5 Å². The lowest BCUT2D eigenvalue weighted by Gasteiger charge is -2.28. The number of rotatable bonds is 4. The van der Waals surface area contributed by atoms with Crippen LogP contribution in [0, 0.1) is 0 Å². The summed E-state index contributed by atoms with van der Waals surface area (Å²) in [7, 11) is 0. The number of benzene rings is 2. The van der Waals surface area contributed by atoms with Gasteiger partial charge < -0.3 is 15.2 Å². The molecule has 0 radical (unpaired) electrons. The number of phenolic OH excluding ortho intramolecular Hbond substituents is 1. The molecule has 0 bridgehead atoms. The van der Waals surface area contributed by atoms with Crippen LogP contribution >= 0.6 is 23.2 Å². The zero-order valence-electron chi connectivity index (χ0n) is 14.0. The number of aromatic hydroxyl groups is 1. The first-order chi connectivity index (χ1) is 12.4. The fraction of sp³-hybridized carbons (Fsp3) is 0.263. The number of nitrogens with one attached hydrogen (secondary N) is 1. The zero-order chi connectivity index (χ0) is 18.9. The van der Waals surface area contributed by atoms with Crippen molar-refractivity contribution in [2.24, 2.45) is 0 Å². The molecule has 0 heterocycles. The van der Waals surface area contributed by atoms with Gasteiger partial charge in [0.25, 0.3) is 5.91 Å². The maximum atomic E-state index is 12.8. The van der Waals surface area contributed by atoms with Crippen LogP contribution < -0.4 is 5.32 Å². The highest BCUT2D eigenvalue weighted by atomic mass is 35.5. The van der Waals surface area contributed by atoms with Crippen molar-refractivity contribution in [2.75, 3.05) is 6.61 Å². The van der Waals surface area contributed by atoms with Crippen molar-refractivity contribution in [3.63, 3.8) is 0 Å². The minimum Gasteiger partial charge on any atom is -0.506 e. The van der Waals surface area contributed by atoms with Crippen LogP contribution in [0.25, 0.3) is 0 Å². The first kappa shape index (κ1) is 18.5. The Labute approximate surface area is 160 Å². The molecule has 7 heteroatoms. The van der Waals surface area contributed by atoms with Gasteiger partial charge in [0.05, 0.1) is 17.2 Å². The van der Waals surface area contributed by atoms with Gasteiger partial charge in [0.15, 0.2) is 0 Å². The quantitative estimate of drug-likeness (QED) is 0.778. The van der Waals surface area contributed by atoms with Gasteiger partial charge in [-0.05, 0) is 30.2 Å². The van der Waals surface area contributed by atoms with E-state index in [4.69, 9.17) is 27.9 Å². The average molecular weight is 394 g/mol. The van der Waals surface area contributed by atoms with Gasteiger partial charge in [0.2, 0.25) is 0 Å².